The largest absolute Gasteiger partial charge is 0.490 e. The number of carbonyl (C=O) groups is 1. The molecular formula is C17H25FN2O2. The second kappa shape index (κ2) is 7.09. The Labute approximate surface area is 131 Å². The van der Waals surface area contributed by atoms with Gasteiger partial charge in [0.1, 0.15) is 17.7 Å². The van der Waals surface area contributed by atoms with Crippen LogP contribution in [-0.2, 0) is 4.79 Å². The van der Waals surface area contributed by atoms with E-state index in [9.17, 15) is 9.18 Å². The number of nitrogens with two attached hydrogens (primary N) is 1. The van der Waals surface area contributed by atoms with Gasteiger partial charge in [0.25, 0.3) is 0 Å². The van der Waals surface area contributed by atoms with E-state index < -0.39 is 5.54 Å². The SMILES string of the molecule is CCCC(C)(N)C(=O)N1CCC(Oc2ccc(F)cc2)CC1. The van der Waals surface area contributed by atoms with Gasteiger partial charge in [0.05, 0.1) is 5.54 Å². The van der Waals surface area contributed by atoms with Crippen LogP contribution in [0.1, 0.15) is 39.5 Å². The zero-order chi connectivity index (χ0) is 16.2. The molecule has 1 atom stereocenters. The lowest BCUT2D eigenvalue weighted by molar-refractivity contribution is -0.138. The fourth-order valence-corrected chi connectivity index (χ4v) is 2.87. The molecular weight excluding hydrogens is 283 g/mol. The number of ether oxygens (including phenoxy) is 1. The Morgan fingerprint density at radius 1 is 1.36 bits per heavy atom. The van der Waals surface area contributed by atoms with Gasteiger partial charge in [0.2, 0.25) is 5.91 Å². The molecule has 1 saturated heterocycles. The van der Waals surface area contributed by atoms with Crippen molar-refractivity contribution in [3.63, 3.8) is 0 Å². The Bertz CT molecular complexity index is 494. The minimum absolute atomic E-state index is 0.0228. The van der Waals surface area contributed by atoms with Gasteiger partial charge in [-0.2, -0.15) is 0 Å². The number of hydrogen-bond donors (Lipinski definition) is 1. The van der Waals surface area contributed by atoms with E-state index in [0.29, 0.717) is 25.3 Å². The third kappa shape index (κ3) is 4.19. The van der Waals surface area contributed by atoms with Crippen LogP contribution in [0.25, 0.3) is 0 Å². The second-order valence-electron chi connectivity index (χ2n) is 6.23. The highest BCUT2D eigenvalue weighted by Crippen LogP contribution is 2.21. The van der Waals surface area contributed by atoms with Crippen LogP contribution in [0.4, 0.5) is 4.39 Å². The van der Waals surface area contributed by atoms with Gasteiger partial charge in [0.15, 0.2) is 0 Å². The van der Waals surface area contributed by atoms with E-state index in [1.54, 1.807) is 19.1 Å². The van der Waals surface area contributed by atoms with E-state index in [4.69, 9.17) is 10.5 Å². The van der Waals surface area contributed by atoms with Crippen LogP contribution in [0.5, 0.6) is 5.75 Å². The minimum atomic E-state index is -0.778. The first-order valence-electron chi connectivity index (χ1n) is 7.93. The number of amides is 1. The Hall–Kier alpha value is -1.62. The van der Waals surface area contributed by atoms with Gasteiger partial charge in [-0.3, -0.25) is 4.79 Å². The molecule has 0 spiro atoms. The lowest BCUT2D eigenvalue weighted by atomic mass is 9.94. The van der Waals surface area contributed by atoms with E-state index in [1.807, 2.05) is 11.8 Å². The standard InChI is InChI=1S/C17H25FN2O2/c1-3-10-17(2,19)16(21)20-11-8-15(9-12-20)22-14-6-4-13(18)5-7-14/h4-7,15H,3,8-12,19H2,1-2H3. The molecule has 22 heavy (non-hydrogen) atoms. The Morgan fingerprint density at radius 2 is 1.95 bits per heavy atom. The number of nitrogens with zero attached hydrogens (tertiary/aromatic N) is 1. The van der Waals surface area contributed by atoms with Gasteiger partial charge in [-0.1, -0.05) is 13.3 Å². The van der Waals surface area contributed by atoms with E-state index in [0.717, 1.165) is 19.3 Å². The first kappa shape index (κ1) is 16.7. The Kier molecular flexibility index (Phi) is 5.40. The molecule has 1 heterocycles. The summed E-state index contributed by atoms with van der Waals surface area (Å²) in [5.74, 6) is 0.418. The average molecular weight is 308 g/mol. The van der Waals surface area contributed by atoms with Crippen LogP contribution in [0.3, 0.4) is 0 Å². The van der Waals surface area contributed by atoms with Crippen molar-refractivity contribution in [3.05, 3.63) is 30.1 Å². The van der Waals surface area contributed by atoms with Gasteiger partial charge in [0, 0.05) is 25.9 Å². The van der Waals surface area contributed by atoms with E-state index in [1.165, 1.54) is 12.1 Å². The summed E-state index contributed by atoms with van der Waals surface area (Å²) >= 11 is 0. The van der Waals surface area contributed by atoms with Gasteiger partial charge in [-0.05, 0) is 37.6 Å². The van der Waals surface area contributed by atoms with Crippen molar-refractivity contribution in [1.29, 1.82) is 0 Å². The third-order valence-corrected chi connectivity index (χ3v) is 4.10. The summed E-state index contributed by atoms with van der Waals surface area (Å²) in [5.41, 5.74) is 5.34. The summed E-state index contributed by atoms with van der Waals surface area (Å²) in [6.45, 7) is 5.14. The highest BCUT2D eigenvalue weighted by Gasteiger charge is 2.34. The van der Waals surface area contributed by atoms with Gasteiger partial charge >= 0.3 is 0 Å². The van der Waals surface area contributed by atoms with Crippen LogP contribution in [-0.4, -0.2) is 35.5 Å². The zero-order valence-corrected chi connectivity index (χ0v) is 13.3. The summed E-state index contributed by atoms with van der Waals surface area (Å²) in [6.07, 6.45) is 3.18. The van der Waals surface area contributed by atoms with Gasteiger partial charge < -0.3 is 15.4 Å². The van der Waals surface area contributed by atoms with Crippen LogP contribution in [0.15, 0.2) is 24.3 Å². The molecule has 1 aromatic rings. The second-order valence-corrected chi connectivity index (χ2v) is 6.23. The molecule has 122 valence electrons. The van der Waals surface area contributed by atoms with Crippen molar-refractivity contribution in [2.75, 3.05) is 13.1 Å². The molecule has 0 aliphatic carbocycles. The maximum atomic E-state index is 12.9. The predicted molar refractivity (Wildman–Crippen MR) is 84.1 cm³/mol. The summed E-state index contributed by atoms with van der Waals surface area (Å²) in [7, 11) is 0. The summed E-state index contributed by atoms with van der Waals surface area (Å²) < 4.78 is 18.7. The molecule has 0 bridgehead atoms. The molecule has 1 aliphatic heterocycles. The lowest BCUT2D eigenvalue weighted by Crippen LogP contribution is -2.55. The van der Waals surface area contributed by atoms with Crippen molar-refractivity contribution in [1.82, 2.24) is 4.90 Å². The monoisotopic (exact) mass is 308 g/mol. The molecule has 5 heteroatoms. The van der Waals surface area contributed by atoms with Crippen molar-refractivity contribution < 1.29 is 13.9 Å². The molecule has 1 amide bonds. The first-order chi connectivity index (χ1) is 10.4. The Morgan fingerprint density at radius 3 is 2.50 bits per heavy atom. The molecule has 1 aliphatic rings. The molecule has 2 N–H and O–H groups in total. The topological polar surface area (TPSA) is 55.6 Å². The number of hydrogen-bond acceptors (Lipinski definition) is 3. The summed E-state index contributed by atoms with van der Waals surface area (Å²) in [5, 5.41) is 0. The highest BCUT2D eigenvalue weighted by atomic mass is 19.1. The fourth-order valence-electron chi connectivity index (χ4n) is 2.87. The van der Waals surface area contributed by atoms with Crippen LogP contribution in [0, 0.1) is 5.82 Å². The highest BCUT2D eigenvalue weighted by molar-refractivity contribution is 5.85. The smallest absolute Gasteiger partial charge is 0.242 e. The molecule has 0 radical (unpaired) electrons. The van der Waals surface area contributed by atoms with Crippen molar-refractivity contribution >= 4 is 5.91 Å². The maximum Gasteiger partial charge on any atom is 0.242 e. The minimum Gasteiger partial charge on any atom is -0.490 e. The van der Waals surface area contributed by atoms with Crippen molar-refractivity contribution in [2.24, 2.45) is 5.73 Å². The Balaban J connectivity index is 1.85. The predicted octanol–water partition coefficient (Wildman–Crippen LogP) is 2.71. The van der Waals surface area contributed by atoms with E-state index in [-0.39, 0.29) is 17.8 Å². The normalized spacial score (nSPS) is 18.8. The first-order valence-corrected chi connectivity index (χ1v) is 7.93. The molecule has 1 aromatic carbocycles. The number of likely N-dealkylation sites (tertiary alicyclic amines) is 1. The summed E-state index contributed by atoms with van der Waals surface area (Å²) in [4.78, 5) is 14.3. The van der Waals surface area contributed by atoms with Crippen molar-refractivity contribution in [3.8, 4) is 5.75 Å². The zero-order valence-electron chi connectivity index (χ0n) is 13.3. The molecule has 1 unspecified atom stereocenters. The molecule has 0 aromatic heterocycles. The van der Waals surface area contributed by atoms with Crippen molar-refractivity contribution in [2.45, 2.75) is 51.2 Å². The average Bonchev–Trinajstić information content (AvgIpc) is 2.49. The number of piperidine rings is 1. The third-order valence-electron chi connectivity index (χ3n) is 4.10. The molecule has 2 rings (SSSR count). The molecule has 4 nitrogen and oxygen atoms in total. The molecule has 1 fully saturated rings. The quantitative estimate of drug-likeness (QED) is 0.910. The van der Waals surface area contributed by atoms with E-state index in [2.05, 4.69) is 0 Å². The molecule has 0 saturated carbocycles. The van der Waals surface area contributed by atoms with E-state index >= 15 is 0 Å². The van der Waals surface area contributed by atoms with Crippen LogP contribution in [0.2, 0.25) is 0 Å². The number of benzene rings is 1. The van der Waals surface area contributed by atoms with Crippen LogP contribution >= 0.6 is 0 Å². The maximum absolute atomic E-state index is 12.9. The van der Waals surface area contributed by atoms with Crippen LogP contribution < -0.4 is 10.5 Å². The fraction of sp³-hybridized carbons (Fsp3) is 0.588. The number of carbonyl (C=O) groups excluding carboxylic acids is 1. The summed E-state index contributed by atoms with van der Waals surface area (Å²) in [6, 6.07) is 6.04. The number of rotatable bonds is 5. The van der Waals surface area contributed by atoms with Gasteiger partial charge in [-0.25, -0.2) is 4.39 Å². The lowest BCUT2D eigenvalue weighted by Gasteiger charge is -2.36. The van der Waals surface area contributed by atoms with Gasteiger partial charge in [-0.15, -0.1) is 0 Å². The number of halogens is 1.